The lowest BCUT2D eigenvalue weighted by Crippen LogP contribution is -2.50. The van der Waals surface area contributed by atoms with Gasteiger partial charge in [-0.15, -0.1) is 0 Å². The second kappa shape index (κ2) is 13.4. The summed E-state index contributed by atoms with van der Waals surface area (Å²) in [6.07, 6.45) is 6.39. The molecule has 43 heavy (non-hydrogen) atoms. The first-order valence-electron chi connectivity index (χ1n) is 14.3. The van der Waals surface area contributed by atoms with E-state index in [0.717, 1.165) is 28.4 Å². The monoisotopic (exact) mass is 620 g/mol. The molecule has 11 heteroatoms. The Morgan fingerprint density at radius 1 is 1.09 bits per heavy atom. The fraction of sp³-hybridized carbons (Fsp3) is 0.375. The minimum Gasteiger partial charge on any atom is -0.444 e. The van der Waals surface area contributed by atoms with Crippen LogP contribution >= 0.6 is 23.1 Å². The number of amides is 1. The second-order valence-electron chi connectivity index (χ2n) is 11.7. The number of aromatic nitrogens is 3. The topological polar surface area (TPSA) is 92.3 Å². The molecule has 226 valence electrons. The third kappa shape index (κ3) is 8.10. The van der Waals surface area contributed by atoms with Crippen LogP contribution in [0, 0.1) is 12.7 Å². The Morgan fingerprint density at radius 3 is 2.56 bits per heavy atom. The third-order valence-electron chi connectivity index (χ3n) is 7.29. The van der Waals surface area contributed by atoms with Gasteiger partial charge < -0.3 is 20.3 Å². The number of piperidine rings is 1. The highest BCUT2D eigenvalue weighted by Crippen LogP contribution is 2.37. The van der Waals surface area contributed by atoms with Gasteiger partial charge in [-0.05, 0) is 69.9 Å². The van der Waals surface area contributed by atoms with Gasteiger partial charge in [0.2, 0.25) is 0 Å². The molecule has 1 aromatic carbocycles. The summed E-state index contributed by atoms with van der Waals surface area (Å²) >= 11 is 2.77. The van der Waals surface area contributed by atoms with Crippen molar-refractivity contribution in [3.63, 3.8) is 0 Å². The van der Waals surface area contributed by atoms with Crippen LogP contribution in [-0.4, -0.2) is 51.2 Å². The maximum Gasteiger partial charge on any atom is 0.410 e. The number of nitrogens with one attached hydrogen (secondary N) is 2. The van der Waals surface area contributed by atoms with Crippen LogP contribution in [0.5, 0.6) is 0 Å². The minimum absolute atomic E-state index is 0.194. The second-order valence-corrected chi connectivity index (χ2v) is 14.1. The molecule has 0 atom stereocenters. The van der Waals surface area contributed by atoms with E-state index in [0.29, 0.717) is 41.9 Å². The van der Waals surface area contributed by atoms with E-state index < -0.39 is 5.60 Å². The van der Waals surface area contributed by atoms with Gasteiger partial charge in [0.25, 0.3) is 0 Å². The molecule has 1 saturated heterocycles. The molecule has 1 aliphatic rings. The van der Waals surface area contributed by atoms with Crippen LogP contribution in [0.25, 0.3) is 0 Å². The number of pyridine rings is 2. The third-order valence-corrected chi connectivity index (χ3v) is 9.33. The summed E-state index contributed by atoms with van der Waals surface area (Å²) in [5.74, 6) is 0.384. The molecule has 0 unspecified atom stereocenters. The summed E-state index contributed by atoms with van der Waals surface area (Å²) in [7, 11) is 0. The molecule has 0 radical (unpaired) electrons. The molecule has 4 heterocycles. The molecular weight excluding hydrogens is 584 g/mol. The van der Waals surface area contributed by atoms with E-state index in [9.17, 15) is 4.79 Å². The van der Waals surface area contributed by atoms with Crippen molar-refractivity contribution in [3.05, 3.63) is 89.8 Å². The first-order valence-corrected chi connectivity index (χ1v) is 15.9. The Bertz CT molecular complexity index is 1530. The molecule has 0 bridgehead atoms. The number of ether oxygens (including phenoxy) is 1. The summed E-state index contributed by atoms with van der Waals surface area (Å²) in [4.78, 5) is 28.0. The molecule has 5 rings (SSSR count). The van der Waals surface area contributed by atoms with Crippen LogP contribution in [-0.2, 0) is 16.7 Å². The highest BCUT2D eigenvalue weighted by Gasteiger charge is 2.38. The van der Waals surface area contributed by atoms with E-state index in [-0.39, 0.29) is 17.3 Å². The van der Waals surface area contributed by atoms with E-state index in [4.69, 9.17) is 4.74 Å². The van der Waals surface area contributed by atoms with Gasteiger partial charge in [-0.1, -0.05) is 53.4 Å². The Kier molecular flexibility index (Phi) is 9.63. The molecule has 0 saturated carbocycles. The van der Waals surface area contributed by atoms with Crippen LogP contribution in [0.15, 0.2) is 76.2 Å². The number of halogens is 1. The lowest BCUT2D eigenvalue weighted by atomic mass is 9.72. The van der Waals surface area contributed by atoms with Crippen molar-refractivity contribution in [2.45, 2.75) is 67.2 Å². The van der Waals surface area contributed by atoms with E-state index in [1.54, 1.807) is 29.6 Å². The fourth-order valence-electron chi connectivity index (χ4n) is 5.08. The largest absolute Gasteiger partial charge is 0.444 e. The number of benzene rings is 1. The normalized spacial score (nSPS) is 14.9. The highest BCUT2D eigenvalue weighted by molar-refractivity contribution is 8.01. The number of hydrogen-bond acceptors (Lipinski definition) is 9. The zero-order valence-corrected chi connectivity index (χ0v) is 26.5. The van der Waals surface area contributed by atoms with Crippen LogP contribution in [0.4, 0.5) is 20.1 Å². The number of aryl methyl sites for hydroxylation is 1. The highest BCUT2D eigenvalue weighted by atomic mass is 32.2. The van der Waals surface area contributed by atoms with Crippen molar-refractivity contribution in [3.8, 4) is 0 Å². The van der Waals surface area contributed by atoms with E-state index in [1.165, 1.54) is 28.7 Å². The predicted octanol–water partition coefficient (Wildman–Crippen LogP) is 7.33. The van der Waals surface area contributed by atoms with Crippen LogP contribution in [0.1, 0.15) is 50.4 Å². The summed E-state index contributed by atoms with van der Waals surface area (Å²) in [6, 6.07) is 15.9. The van der Waals surface area contributed by atoms with Crippen molar-refractivity contribution in [1.29, 1.82) is 0 Å². The van der Waals surface area contributed by atoms with Gasteiger partial charge in [0.05, 0.1) is 21.0 Å². The molecule has 0 spiro atoms. The summed E-state index contributed by atoms with van der Waals surface area (Å²) < 4.78 is 22.1. The van der Waals surface area contributed by atoms with Gasteiger partial charge in [-0.2, -0.15) is 0 Å². The average molecular weight is 621 g/mol. The van der Waals surface area contributed by atoms with Crippen molar-refractivity contribution in [1.82, 2.24) is 25.2 Å². The van der Waals surface area contributed by atoms with Gasteiger partial charge in [0, 0.05) is 44.0 Å². The van der Waals surface area contributed by atoms with Gasteiger partial charge >= 0.3 is 6.09 Å². The molecule has 2 N–H and O–H groups in total. The van der Waals surface area contributed by atoms with Gasteiger partial charge in [0.15, 0.2) is 10.9 Å². The van der Waals surface area contributed by atoms with E-state index in [1.807, 2.05) is 58.0 Å². The van der Waals surface area contributed by atoms with E-state index >= 15 is 4.39 Å². The lowest BCUT2D eigenvalue weighted by molar-refractivity contribution is 0.0163. The first kappa shape index (κ1) is 30.9. The fourth-order valence-corrected chi connectivity index (χ4v) is 6.97. The van der Waals surface area contributed by atoms with Gasteiger partial charge in [0.1, 0.15) is 11.4 Å². The Morgan fingerprint density at radius 2 is 1.84 bits per heavy atom. The molecule has 0 aliphatic carbocycles. The van der Waals surface area contributed by atoms with Crippen molar-refractivity contribution < 1.29 is 13.9 Å². The van der Waals surface area contributed by atoms with Crippen LogP contribution in [0.3, 0.4) is 0 Å². The average Bonchev–Trinajstić information content (AvgIpc) is 3.41. The minimum atomic E-state index is -0.533. The zero-order chi connectivity index (χ0) is 30.5. The van der Waals surface area contributed by atoms with Gasteiger partial charge in [-0.25, -0.2) is 19.2 Å². The smallest absolute Gasteiger partial charge is 0.410 e. The van der Waals surface area contributed by atoms with Crippen LogP contribution < -0.4 is 10.6 Å². The maximum absolute atomic E-state index is 15.6. The number of thiazole rings is 1. The maximum atomic E-state index is 15.6. The molecule has 8 nitrogen and oxygen atoms in total. The van der Waals surface area contributed by atoms with Crippen LogP contribution in [0.2, 0.25) is 0 Å². The number of carbonyl (C=O) groups excluding carboxylic acids is 1. The van der Waals surface area contributed by atoms with Crippen molar-refractivity contribution in [2.24, 2.45) is 0 Å². The summed E-state index contributed by atoms with van der Waals surface area (Å²) in [6.45, 7) is 9.75. The quantitative estimate of drug-likeness (QED) is 0.201. The SMILES string of the molecule is Cc1ccnc(Nc2ncc(Sc3ccnc(CNCC4(c5ccccc5)CCN(C(=O)OC(C)(C)C)CC4)c3F)s2)c1. The number of rotatable bonds is 9. The van der Waals surface area contributed by atoms with Gasteiger partial charge in [-0.3, -0.25) is 4.98 Å². The number of anilines is 2. The zero-order valence-electron chi connectivity index (χ0n) is 24.9. The molecule has 1 fully saturated rings. The Hall–Kier alpha value is -3.54. The Balaban J connectivity index is 1.22. The first-order chi connectivity index (χ1) is 20.6. The predicted molar refractivity (Wildman–Crippen MR) is 170 cm³/mol. The molecular formula is C32H37FN6O2S2. The van der Waals surface area contributed by atoms with Crippen molar-refractivity contribution in [2.75, 3.05) is 25.0 Å². The summed E-state index contributed by atoms with van der Waals surface area (Å²) in [5, 5.41) is 7.39. The number of hydrogen-bond donors (Lipinski definition) is 2. The van der Waals surface area contributed by atoms with Crippen molar-refractivity contribution >= 4 is 40.1 Å². The number of likely N-dealkylation sites (tertiary alicyclic amines) is 1. The summed E-state index contributed by atoms with van der Waals surface area (Å²) in [5.41, 5.74) is 1.95. The number of nitrogens with zero attached hydrogens (tertiary/aromatic N) is 4. The molecule has 4 aromatic rings. The Labute approximate surface area is 260 Å². The lowest BCUT2D eigenvalue weighted by Gasteiger charge is -2.42. The molecule has 3 aromatic heterocycles. The van der Waals surface area contributed by atoms with E-state index in [2.05, 4.69) is 37.7 Å². The molecule has 1 amide bonds. The molecule has 1 aliphatic heterocycles. The number of carbonyl (C=O) groups is 1. The standard InChI is InChI=1S/C32H37FN6O2S2/c1-22-10-14-36-26(18-22)38-29-37-20-27(43-29)42-25-11-15-35-24(28(25)33)19-34-21-32(23-8-6-5-7-9-23)12-16-39(17-13-32)30(40)41-31(2,3)4/h5-11,14-15,18,20,34H,12-13,16-17,19,21H2,1-4H3,(H,36,37,38).